The Balaban J connectivity index is 2.10. The number of carbonyl (C=O) groups excluding carboxylic acids is 1. The number of carbonyl (C=O) groups is 2. The molecular weight excluding hydrogens is 316 g/mol. The van der Waals surface area contributed by atoms with Crippen LogP contribution in [0.1, 0.15) is 25.9 Å². The van der Waals surface area contributed by atoms with E-state index in [9.17, 15) is 14.7 Å². The number of carboxylic acid groups (broad SMARTS) is 1. The van der Waals surface area contributed by atoms with Gasteiger partial charge in [0.25, 0.3) is 5.91 Å². The maximum Gasteiger partial charge on any atom is 0.326 e. The summed E-state index contributed by atoms with van der Waals surface area (Å²) in [6.07, 6.45) is 0.227. The predicted molar refractivity (Wildman–Crippen MR) is 86.6 cm³/mol. The van der Waals surface area contributed by atoms with Crippen molar-refractivity contribution in [2.75, 3.05) is 7.11 Å². The molecular formula is C16H18N2O4S. The largest absolute Gasteiger partial charge is 0.480 e. The molecule has 1 heterocycles. The highest BCUT2D eigenvalue weighted by atomic mass is 32.1. The van der Waals surface area contributed by atoms with Gasteiger partial charge in [0.2, 0.25) is 0 Å². The van der Waals surface area contributed by atoms with Crippen molar-refractivity contribution in [2.24, 2.45) is 0 Å². The third-order valence-electron chi connectivity index (χ3n) is 3.20. The van der Waals surface area contributed by atoms with Crippen molar-refractivity contribution in [3.05, 3.63) is 51.5 Å². The van der Waals surface area contributed by atoms with Crippen LogP contribution in [-0.4, -0.2) is 35.1 Å². The standard InChI is InChI=1S/C16H18N2O4S/c1-10-14(23-13(17-10)9-22-2)15(19)18-12(16(20)21)8-11-6-4-3-5-7-11/h3-7,12H,8-9H2,1-2H3,(H,18,19)(H,20,21). The first-order valence-corrected chi connectivity index (χ1v) is 7.85. The lowest BCUT2D eigenvalue weighted by atomic mass is 10.1. The number of benzene rings is 1. The molecule has 23 heavy (non-hydrogen) atoms. The van der Waals surface area contributed by atoms with Crippen molar-refractivity contribution in [1.29, 1.82) is 0 Å². The molecule has 0 bridgehead atoms. The van der Waals surface area contributed by atoms with Crippen LogP contribution in [0, 0.1) is 6.92 Å². The number of methoxy groups -OCH3 is 1. The summed E-state index contributed by atoms with van der Waals surface area (Å²) in [6.45, 7) is 2.04. The van der Waals surface area contributed by atoms with Crippen LogP contribution >= 0.6 is 11.3 Å². The maximum absolute atomic E-state index is 12.3. The van der Waals surface area contributed by atoms with E-state index >= 15 is 0 Å². The van der Waals surface area contributed by atoms with E-state index < -0.39 is 17.9 Å². The minimum absolute atomic E-state index is 0.227. The van der Waals surface area contributed by atoms with E-state index in [1.807, 2.05) is 30.3 Å². The van der Waals surface area contributed by atoms with Crippen LogP contribution in [0.25, 0.3) is 0 Å². The number of aliphatic carboxylic acids is 1. The minimum Gasteiger partial charge on any atom is -0.480 e. The van der Waals surface area contributed by atoms with Gasteiger partial charge in [-0.1, -0.05) is 30.3 Å². The molecule has 7 heteroatoms. The van der Waals surface area contributed by atoms with Gasteiger partial charge in [0.1, 0.15) is 15.9 Å². The summed E-state index contributed by atoms with van der Waals surface area (Å²) in [5.41, 5.74) is 1.42. The fraction of sp³-hybridized carbons (Fsp3) is 0.312. The van der Waals surface area contributed by atoms with Crippen molar-refractivity contribution < 1.29 is 19.4 Å². The second kappa shape index (κ2) is 7.85. The van der Waals surface area contributed by atoms with Gasteiger partial charge in [-0.05, 0) is 12.5 Å². The lowest BCUT2D eigenvalue weighted by Gasteiger charge is -2.14. The van der Waals surface area contributed by atoms with E-state index in [0.29, 0.717) is 22.2 Å². The summed E-state index contributed by atoms with van der Waals surface area (Å²) in [5, 5.41) is 12.6. The summed E-state index contributed by atoms with van der Waals surface area (Å²) in [7, 11) is 1.55. The normalized spacial score (nSPS) is 11.9. The second-order valence-electron chi connectivity index (χ2n) is 5.01. The smallest absolute Gasteiger partial charge is 0.326 e. The molecule has 1 aromatic heterocycles. The van der Waals surface area contributed by atoms with Crippen LogP contribution < -0.4 is 5.32 Å². The Labute approximate surface area is 138 Å². The maximum atomic E-state index is 12.3. The Morgan fingerprint density at radius 2 is 2.04 bits per heavy atom. The van der Waals surface area contributed by atoms with Gasteiger partial charge in [-0.3, -0.25) is 4.79 Å². The van der Waals surface area contributed by atoms with Crippen LogP contribution in [0.2, 0.25) is 0 Å². The molecule has 1 amide bonds. The van der Waals surface area contributed by atoms with Crippen LogP contribution in [-0.2, 0) is 22.6 Å². The molecule has 6 nitrogen and oxygen atoms in total. The van der Waals surface area contributed by atoms with E-state index in [1.165, 1.54) is 11.3 Å². The number of nitrogens with one attached hydrogen (secondary N) is 1. The first-order valence-electron chi connectivity index (χ1n) is 7.04. The number of thiazole rings is 1. The molecule has 0 aliphatic carbocycles. The first-order chi connectivity index (χ1) is 11.0. The van der Waals surface area contributed by atoms with Gasteiger partial charge in [-0.2, -0.15) is 0 Å². The molecule has 2 rings (SSSR count). The van der Waals surface area contributed by atoms with Crippen molar-refractivity contribution in [3.63, 3.8) is 0 Å². The van der Waals surface area contributed by atoms with Gasteiger partial charge >= 0.3 is 5.97 Å². The van der Waals surface area contributed by atoms with E-state index in [-0.39, 0.29) is 6.42 Å². The van der Waals surface area contributed by atoms with Gasteiger partial charge in [0.05, 0.1) is 12.3 Å². The zero-order valence-corrected chi connectivity index (χ0v) is 13.7. The molecule has 122 valence electrons. The van der Waals surface area contributed by atoms with E-state index in [2.05, 4.69) is 10.3 Å². The van der Waals surface area contributed by atoms with Gasteiger partial charge in [-0.15, -0.1) is 11.3 Å². The van der Waals surface area contributed by atoms with Crippen molar-refractivity contribution >= 4 is 23.2 Å². The Kier molecular flexibility index (Phi) is 5.84. The minimum atomic E-state index is -1.07. The number of carboxylic acids is 1. The number of rotatable bonds is 7. The summed E-state index contributed by atoms with van der Waals surface area (Å²) in [5.74, 6) is -1.49. The average Bonchev–Trinajstić information content (AvgIpc) is 2.88. The summed E-state index contributed by atoms with van der Waals surface area (Å²) < 4.78 is 5.00. The number of amides is 1. The molecule has 0 radical (unpaired) electrons. The molecule has 0 aliphatic heterocycles. The van der Waals surface area contributed by atoms with Crippen LogP contribution in [0.3, 0.4) is 0 Å². The zero-order chi connectivity index (χ0) is 16.8. The summed E-state index contributed by atoms with van der Waals surface area (Å²) in [4.78, 5) is 28.4. The lowest BCUT2D eigenvalue weighted by molar-refractivity contribution is -0.139. The van der Waals surface area contributed by atoms with E-state index in [0.717, 1.165) is 5.56 Å². The van der Waals surface area contributed by atoms with E-state index in [1.54, 1.807) is 14.0 Å². The van der Waals surface area contributed by atoms with Gasteiger partial charge in [0, 0.05) is 13.5 Å². The van der Waals surface area contributed by atoms with Crippen molar-refractivity contribution in [1.82, 2.24) is 10.3 Å². The van der Waals surface area contributed by atoms with Crippen LogP contribution in [0.15, 0.2) is 30.3 Å². The Morgan fingerprint density at radius 1 is 1.35 bits per heavy atom. The van der Waals surface area contributed by atoms with Crippen molar-refractivity contribution in [2.45, 2.75) is 26.0 Å². The van der Waals surface area contributed by atoms with Gasteiger partial charge in [0.15, 0.2) is 0 Å². The molecule has 0 saturated heterocycles. The molecule has 1 unspecified atom stereocenters. The summed E-state index contributed by atoms with van der Waals surface area (Å²) in [6, 6.07) is 8.20. The topological polar surface area (TPSA) is 88.5 Å². The summed E-state index contributed by atoms with van der Waals surface area (Å²) >= 11 is 1.21. The molecule has 1 atom stereocenters. The van der Waals surface area contributed by atoms with Gasteiger partial charge in [-0.25, -0.2) is 9.78 Å². The molecule has 0 saturated carbocycles. The average molecular weight is 334 g/mol. The number of ether oxygens (including phenoxy) is 1. The van der Waals surface area contributed by atoms with Crippen LogP contribution in [0.4, 0.5) is 0 Å². The van der Waals surface area contributed by atoms with Crippen molar-refractivity contribution in [3.8, 4) is 0 Å². The fourth-order valence-electron chi connectivity index (χ4n) is 2.12. The molecule has 0 aliphatic rings. The number of aromatic nitrogens is 1. The predicted octanol–water partition coefficient (Wildman–Crippen LogP) is 2.02. The third kappa shape index (κ3) is 4.61. The van der Waals surface area contributed by atoms with Crippen LogP contribution in [0.5, 0.6) is 0 Å². The fourth-order valence-corrected chi connectivity index (χ4v) is 3.06. The third-order valence-corrected chi connectivity index (χ3v) is 4.33. The molecule has 2 aromatic rings. The molecule has 0 fully saturated rings. The SMILES string of the molecule is COCc1nc(C)c(C(=O)NC(Cc2ccccc2)C(=O)O)s1. The molecule has 2 N–H and O–H groups in total. The monoisotopic (exact) mass is 334 g/mol. The highest BCUT2D eigenvalue weighted by Gasteiger charge is 2.23. The number of hydrogen-bond acceptors (Lipinski definition) is 5. The zero-order valence-electron chi connectivity index (χ0n) is 12.9. The number of nitrogens with zero attached hydrogens (tertiary/aromatic N) is 1. The molecule has 0 spiro atoms. The van der Waals surface area contributed by atoms with Gasteiger partial charge < -0.3 is 15.2 Å². The van der Waals surface area contributed by atoms with E-state index in [4.69, 9.17) is 4.74 Å². The Morgan fingerprint density at radius 3 is 2.65 bits per heavy atom. The second-order valence-corrected chi connectivity index (χ2v) is 6.09. The Bertz CT molecular complexity index is 685. The highest BCUT2D eigenvalue weighted by molar-refractivity contribution is 7.13. The lowest BCUT2D eigenvalue weighted by Crippen LogP contribution is -2.42. The molecule has 1 aromatic carbocycles. The number of aryl methyl sites for hydroxylation is 1. The number of hydrogen-bond donors (Lipinski definition) is 2. The first kappa shape index (κ1) is 17.1. The Hall–Kier alpha value is -2.25. The quantitative estimate of drug-likeness (QED) is 0.809. The highest BCUT2D eigenvalue weighted by Crippen LogP contribution is 2.19.